The predicted molar refractivity (Wildman–Crippen MR) is 225 cm³/mol. The van der Waals surface area contributed by atoms with Crippen molar-refractivity contribution in [3.05, 3.63) is 81.1 Å². The highest BCUT2D eigenvalue weighted by molar-refractivity contribution is 8.76. The number of phenolic OH excluding ortho intramolecular Hbond substituents is 1. The minimum atomic E-state index is -1.74. The van der Waals surface area contributed by atoms with E-state index in [0.717, 1.165) is 60.6 Å². The molecule has 15 heteroatoms. The highest BCUT2D eigenvalue weighted by atomic mass is 35.5. The molecule has 298 valence electrons. The van der Waals surface area contributed by atoms with E-state index < -0.39 is 17.5 Å². The number of piperazine rings is 1. The molecule has 5 heterocycles. The minimum Gasteiger partial charge on any atom is -0.508 e. The highest BCUT2D eigenvalue weighted by Crippen LogP contribution is 2.42. The molecule has 1 saturated heterocycles. The van der Waals surface area contributed by atoms with Gasteiger partial charge >= 0.3 is 11.9 Å². The van der Waals surface area contributed by atoms with E-state index in [-0.39, 0.29) is 49.1 Å². The second kappa shape index (κ2) is 17.9. The third kappa shape index (κ3) is 8.39. The summed E-state index contributed by atoms with van der Waals surface area (Å²) < 4.78 is 13.1. The van der Waals surface area contributed by atoms with Crippen molar-refractivity contribution in [3.63, 3.8) is 0 Å². The van der Waals surface area contributed by atoms with Gasteiger partial charge in [-0.15, -0.1) is 12.4 Å². The summed E-state index contributed by atoms with van der Waals surface area (Å²) in [6.45, 7) is 7.96. The lowest BCUT2D eigenvalue weighted by atomic mass is 9.85. The van der Waals surface area contributed by atoms with E-state index >= 15 is 0 Å². The number of carbonyl (C=O) groups excluding carboxylic acids is 3. The molecule has 0 saturated carbocycles. The number of pyridine rings is 2. The average Bonchev–Trinajstić information content (AvgIpc) is 3.55. The van der Waals surface area contributed by atoms with Crippen LogP contribution < -0.4 is 15.8 Å². The van der Waals surface area contributed by atoms with Gasteiger partial charge in [-0.1, -0.05) is 35.4 Å². The normalized spacial score (nSPS) is 17.4. The SMILES string of the molecule is CCc1c2c(nc3ccc(O)cc13)-c1cc3c(c(=O)n1C2)COC(=O)[C@@]3(CC)OC(=O)CCCSSCCCC(=O)Nc1ccc(N2CCN(C)CC2)cc1.Cl. The third-order valence-electron chi connectivity index (χ3n) is 10.7. The Morgan fingerprint density at radius 1 is 0.964 bits per heavy atom. The second-order valence-electron chi connectivity index (χ2n) is 14.3. The smallest absolute Gasteiger partial charge is 0.355 e. The zero-order valence-corrected chi connectivity index (χ0v) is 34.4. The van der Waals surface area contributed by atoms with Gasteiger partial charge in [0.05, 0.1) is 29.0 Å². The van der Waals surface area contributed by atoms with Gasteiger partial charge in [0.25, 0.3) is 5.56 Å². The van der Waals surface area contributed by atoms with Crippen molar-refractivity contribution >= 4 is 74.1 Å². The maximum atomic E-state index is 14.0. The van der Waals surface area contributed by atoms with Gasteiger partial charge in [0, 0.05) is 78.4 Å². The molecule has 56 heavy (non-hydrogen) atoms. The monoisotopic (exact) mass is 821 g/mol. The summed E-state index contributed by atoms with van der Waals surface area (Å²) in [4.78, 5) is 62.7. The number of hydrogen-bond acceptors (Lipinski definition) is 12. The Bertz CT molecular complexity index is 2170. The summed E-state index contributed by atoms with van der Waals surface area (Å²) in [5, 5.41) is 14.0. The molecule has 4 aromatic rings. The molecule has 1 atom stereocenters. The molecule has 0 spiro atoms. The van der Waals surface area contributed by atoms with Crippen LogP contribution >= 0.6 is 34.0 Å². The molecule has 1 fully saturated rings. The number of cyclic esters (lactones) is 1. The first-order chi connectivity index (χ1) is 26.6. The zero-order valence-electron chi connectivity index (χ0n) is 31.9. The van der Waals surface area contributed by atoms with E-state index in [0.29, 0.717) is 59.6 Å². The number of aromatic hydroxyl groups is 1. The number of aryl methyl sites for hydroxylation is 1. The lowest BCUT2D eigenvalue weighted by Gasteiger charge is -2.35. The number of benzene rings is 2. The molecule has 0 bridgehead atoms. The van der Waals surface area contributed by atoms with Crippen molar-refractivity contribution in [2.75, 3.05) is 54.9 Å². The number of anilines is 2. The number of fused-ring (bicyclic) bond motifs is 5. The van der Waals surface area contributed by atoms with Crippen LogP contribution in [0.5, 0.6) is 5.75 Å². The first-order valence-corrected chi connectivity index (χ1v) is 21.5. The standard InChI is InChI=1S/C41H47N5O7S2.ClH/c1-4-29-30-22-28(47)14-15-34(30)43-38-31(29)24-46-35(38)23-33-32(39(46)50)25-52-40(51)41(33,5-2)53-37(49)9-7-21-55-54-20-6-8-36(48)42-26-10-12-27(13-11-26)45-18-16-44(3)17-19-45;/h10-15,22-23,47H,4-9,16-21,24-25H2,1-3H3,(H,42,48);1H/t41-;/m0./s1. The van der Waals surface area contributed by atoms with Gasteiger partial charge in [0.1, 0.15) is 12.4 Å². The van der Waals surface area contributed by atoms with Gasteiger partial charge < -0.3 is 34.3 Å². The highest BCUT2D eigenvalue weighted by Gasteiger charge is 2.50. The van der Waals surface area contributed by atoms with Crippen LogP contribution in [0.3, 0.4) is 0 Å². The van der Waals surface area contributed by atoms with E-state index in [2.05, 4.69) is 34.3 Å². The Morgan fingerprint density at radius 2 is 1.68 bits per heavy atom. The van der Waals surface area contributed by atoms with Crippen molar-refractivity contribution in [2.24, 2.45) is 0 Å². The number of amides is 1. The number of halogens is 1. The number of nitrogens with zero attached hydrogens (tertiary/aromatic N) is 4. The Balaban J connectivity index is 0.00000532. The summed E-state index contributed by atoms with van der Waals surface area (Å²) in [6.07, 6.45) is 2.56. The number of ether oxygens (including phenoxy) is 2. The summed E-state index contributed by atoms with van der Waals surface area (Å²) in [6, 6.07) is 14.8. The van der Waals surface area contributed by atoms with Gasteiger partial charge in [-0.05, 0) is 86.8 Å². The molecule has 0 radical (unpaired) electrons. The number of hydrogen-bond donors (Lipinski definition) is 2. The first-order valence-electron chi connectivity index (χ1n) is 19.0. The minimum absolute atomic E-state index is 0. The molecular weight excluding hydrogens is 774 g/mol. The largest absolute Gasteiger partial charge is 0.508 e. The molecular formula is C41H48ClN5O7S2. The van der Waals surface area contributed by atoms with Gasteiger partial charge in [-0.2, -0.15) is 0 Å². The zero-order chi connectivity index (χ0) is 38.7. The number of likely N-dealkylation sites (N-methyl/N-ethyl adjacent to an activating group) is 1. The molecule has 7 rings (SSSR count). The van der Waals surface area contributed by atoms with Crippen LogP contribution in [0.1, 0.15) is 68.2 Å². The number of aromatic nitrogens is 2. The number of carbonyl (C=O) groups is 3. The molecule has 0 aliphatic carbocycles. The Hall–Kier alpha value is -4.24. The number of rotatable bonds is 14. The Labute approximate surface area is 340 Å². The first kappa shape index (κ1) is 41.4. The molecule has 3 aliphatic heterocycles. The maximum absolute atomic E-state index is 14.0. The summed E-state index contributed by atoms with van der Waals surface area (Å²) in [7, 11) is 5.43. The van der Waals surface area contributed by atoms with Crippen LogP contribution in [-0.4, -0.2) is 82.1 Å². The van der Waals surface area contributed by atoms with Crippen molar-refractivity contribution in [2.45, 2.75) is 71.1 Å². The van der Waals surface area contributed by atoms with Crippen LogP contribution in [0.2, 0.25) is 0 Å². The molecule has 2 aromatic heterocycles. The fourth-order valence-electron chi connectivity index (χ4n) is 7.68. The van der Waals surface area contributed by atoms with Crippen molar-refractivity contribution < 1.29 is 29.0 Å². The molecule has 2 N–H and O–H groups in total. The van der Waals surface area contributed by atoms with E-state index in [1.807, 2.05) is 19.1 Å². The van der Waals surface area contributed by atoms with E-state index in [4.69, 9.17) is 14.5 Å². The van der Waals surface area contributed by atoms with Gasteiger partial charge in [0.2, 0.25) is 11.5 Å². The predicted octanol–water partition coefficient (Wildman–Crippen LogP) is 6.65. The quantitative estimate of drug-likeness (QED) is 0.0704. The second-order valence-corrected chi connectivity index (χ2v) is 17.0. The van der Waals surface area contributed by atoms with Crippen LogP contribution in [-0.2, 0) is 49.0 Å². The maximum Gasteiger partial charge on any atom is 0.355 e. The topological polar surface area (TPSA) is 143 Å². The number of nitrogens with one attached hydrogen (secondary N) is 1. The lowest BCUT2D eigenvalue weighted by molar-refractivity contribution is -0.189. The third-order valence-corrected chi connectivity index (χ3v) is 13.3. The van der Waals surface area contributed by atoms with Crippen LogP contribution in [0, 0.1) is 0 Å². The fourth-order valence-corrected chi connectivity index (χ4v) is 9.86. The summed E-state index contributed by atoms with van der Waals surface area (Å²) >= 11 is 0. The Kier molecular flexibility index (Phi) is 13.2. The van der Waals surface area contributed by atoms with Crippen molar-refractivity contribution in [3.8, 4) is 17.1 Å². The van der Waals surface area contributed by atoms with Crippen molar-refractivity contribution in [1.29, 1.82) is 0 Å². The van der Waals surface area contributed by atoms with Gasteiger partial charge in [-0.3, -0.25) is 14.4 Å². The van der Waals surface area contributed by atoms with E-state index in [1.54, 1.807) is 57.3 Å². The van der Waals surface area contributed by atoms with Crippen LogP contribution in [0.4, 0.5) is 11.4 Å². The fraction of sp³-hybridized carbons (Fsp3) is 0.439. The van der Waals surface area contributed by atoms with E-state index in [1.165, 1.54) is 5.69 Å². The summed E-state index contributed by atoms with van der Waals surface area (Å²) in [5.74, 6) is 0.388. The van der Waals surface area contributed by atoms with Crippen LogP contribution in [0.15, 0.2) is 53.3 Å². The lowest BCUT2D eigenvalue weighted by Crippen LogP contribution is -2.47. The Morgan fingerprint density at radius 3 is 2.38 bits per heavy atom. The van der Waals surface area contributed by atoms with Crippen molar-refractivity contribution in [1.82, 2.24) is 14.5 Å². The molecule has 3 aliphatic rings. The van der Waals surface area contributed by atoms with Gasteiger partial charge in [-0.25, -0.2) is 9.78 Å². The molecule has 2 aromatic carbocycles. The summed E-state index contributed by atoms with van der Waals surface area (Å²) in [5.41, 5.74) is 4.37. The average molecular weight is 822 g/mol. The molecule has 12 nitrogen and oxygen atoms in total. The number of esters is 2. The van der Waals surface area contributed by atoms with E-state index in [9.17, 15) is 24.3 Å². The molecule has 1 amide bonds. The molecule has 0 unspecified atom stereocenters. The van der Waals surface area contributed by atoms with Crippen LogP contribution in [0.25, 0.3) is 22.3 Å². The number of phenols is 1. The van der Waals surface area contributed by atoms with Gasteiger partial charge in [0.15, 0.2) is 0 Å².